The van der Waals surface area contributed by atoms with Gasteiger partial charge >= 0.3 is 5.69 Å². The van der Waals surface area contributed by atoms with Gasteiger partial charge < -0.3 is 10.6 Å². The van der Waals surface area contributed by atoms with E-state index >= 15 is 0 Å². The monoisotopic (exact) mass is 455 g/mol. The summed E-state index contributed by atoms with van der Waals surface area (Å²) in [4.78, 5) is 44.8. The molecule has 1 fully saturated rings. The Morgan fingerprint density at radius 1 is 1.18 bits per heavy atom. The van der Waals surface area contributed by atoms with Gasteiger partial charge in [-0.3, -0.25) is 24.0 Å². The maximum absolute atomic E-state index is 13.6. The number of amides is 1. The highest BCUT2D eigenvalue weighted by atomic mass is 16.2. The summed E-state index contributed by atoms with van der Waals surface area (Å²) in [6.45, 7) is 7.85. The number of anilines is 2. The minimum absolute atomic E-state index is 0.0555. The smallest absolute Gasteiger partial charge is 0.330 e. The van der Waals surface area contributed by atoms with Gasteiger partial charge in [0.15, 0.2) is 5.69 Å². The van der Waals surface area contributed by atoms with Gasteiger partial charge in [0.05, 0.1) is 6.54 Å². The Bertz CT molecular complexity index is 1040. The standard InChI is InChI=1S/C25H37N5O3/c1-4-6-15-29(22-23(26)30(14-5-2)25(33)27-24(22)32)21(31)17-28(16-19-12-13-19)18(3)20-10-8-7-9-11-20/h7-11,18-19H,4-6,12-17,26H2,1-3H3,(H,27,32,33). The first-order chi connectivity index (χ1) is 15.9. The number of nitrogens with zero attached hydrogens (tertiary/aromatic N) is 3. The van der Waals surface area contributed by atoms with Crippen molar-refractivity contribution in [2.75, 3.05) is 30.3 Å². The molecule has 1 heterocycles. The molecule has 0 saturated heterocycles. The highest BCUT2D eigenvalue weighted by molar-refractivity contribution is 5.96. The number of H-pyrrole nitrogens is 1. The maximum Gasteiger partial charge on any atom is 0.330 e. The van der Waals surface area contributed by atoms with Gasteiger partial charge in [-0.2, -0.15) is 0 Å². The number of rotatable bonds is 12. The van der Waals surface area contributed by atoms with Gasteiger partial charge in [0, 0.05) is 25.7 Å². The second-order valence-corrected chi connectivity index (χ2v) is 9.00. The van der Waals surface area contributed by atoms with Crippen molar-refractivity contribution in [1.82, 2.24) is 14.5 Å². The van der Waals surface area contributed by atoms with E-state index in [0.29, 0.717) is 25.4 Å². The zero-order chi connectivity index (χ0) is 24.0. The molecule has 1 atom stereocenters. The van der Waals surface area contributed by atoms with Crippen LogP contribution >= 0.6 is 0 Å². The van der Waals surface area contributed by atoms with Crippen molar-refractivity contribution in [2.45, 2.75) is 65.5 Å². The molecule has 0 radical (unpaired) electrons. The van der Waals surface area contributed by atoms with Crippen LogP contribution in [-0.4, -0.2) is 40.0 Å². The van der Waals surface area contributed by atoms with Gasteiger partial charge in [-0.15, -0.1) is 0 Å². The molecule has 0 bridgehead atoms. The SMILES string of the molecule is CCCCN(C(=O)CN(CC1CC1)C(C)c1ccccc1)c1c(N)n(CCC)c(=O)[nH]c1=O. The fourth-order valence-corrected chi connectivity index (χ4v) is 4.15. The van der Waals surface area contributed by atoms with E-state index < -0.39 is 11.2 Å². The number of nitrogens with two attached hydrogens (primary N) is 1. The van der Waals surface area contributed by atoms with Crippen molar-refractivity contribution in [3.8, 4) is 0 Å². The number of aromatic amines is 1. The first kappa shape index (κ1) is 24.8. The van der Waals surface area contributed by atoms with Crippen LogP contribution in [0.3, 0.4) is 0 Å². The van der Waals surface area contributed by atoms with Crippen molar-refractivity contribution in [1.29, 1.82) is 0 Å². The Morgan fingerprint density at radius 2 is 1.88 bits per heavy atom. The van der Waals surface area contributed by atoms with Crippen LogP contribution in [0.25, 0.3) is 0 Å². The Morgan fingerprint density at radius 3 is 2.48 bits per heavy atom. The Kier molecular flexibility index (Phi) is 8.49. The lowest BCUT2D eigenvalue weighted by Gasteiger charge is -2.32. The molecule has 1 aromatic heterocycles. The Hall–Kier alpha value is -2.87. The number of benzene rings is 1. The summed E-state index contributed by atoms with van der Waals surface area (Å²) in [5.74, 6) is 0.485. The van der Waals surface area contributed by atoms with E-state index in [2.05, 4.69) is 28.9 Å². The Labute approximate surface area is 195 Å². The van der Waals surface area contributed by atoms with Crippen LogP contribution in [0, 0.1) is 5.92 Å². The number of nitrogen functional groups attached to an aromatic ring is 1. The van der Waals surface area contributed by atoms with Crippen molar-refractivity contribution in [3.05, 3.63) is 56.7 Å². The summed E-state index contributed by atoms with van der Waals surface area (Å²) in [7, 11) is 0. The minimum Gasteiger partial charge on any atom is -0.383 e. The summed E-state index contributed by atoms with van der Waals surface area (Å²) >= 11 is 0. The minimum atomic E-state index is -0.612. The molecule has 1 saturated carbocycles. The lowest BCUT2D eigenvalue weighted by Crippen LogP contribution is -2.46. The highest BCUT2D eigenvalue weighted by Gasteiger charge is 2.31. The summed E-state index contributed by atoms with van der Waals surface area (Å²) in [5.41, 5.74) is 6.37. The number of carbonyl (C=O) groups is 1. The molecule has 1 aliphatic carbocycles. The molecule has 1 aromatic carbocycles. The third-order valence-electron chi connectivity index (χ3n) is 6.33. The number of hydrogen-bond donors (Lipinski definition) is 2. The first-order valence-corrected chi connectivity index (χ1v) is 12.1. The molecule has 180 valence electrons. The third-order valence-corrected chi connectivity index (χ3v) is 6.33. The zero-order valence-corrected chi connectivity index (χ0v) is 20.0. The molecule has 0 spiro atoms. The molecule has 1 unspecified atom stereocenters. The molecule has 33 heavy (non-hydrogen) atoms. The first-order valence-electron chi connectivity index (χ1n) is 12.1. The predicted molar refractivity (Wildman–Crippen MR) is 132 cm³/mol. The van der Waals surface area contributed by atoms with E-state index in [0.717, 1.165) is 24.9 Å². The van der Waals surface area contributed by atoms with Crippen molar-refractivity contribution in [3.63, 3.8) is 0 Å². The van der Waals surface area contributed by atoms with Gasteiger partial charge in [-0.05, 0) is 44.1 Å². The fraction of sp³-hybridized carbons (Fsp3) is 0.560. The number of hydrogen-bond acceptors (Lipinski definition) is 5. The number of carbonyl (C=O) groups excluding carboxylic acids is 1. The summed E-state index contributed by atoms with van der Waals surface area (Å²) in [5, 5.41) is 0. The maximum atomic E-state index is 13.6. The van der Waals surface area contributed by atoms with E-state index in [9.17, 15) is 14.4 Å². The summed E-state index contributed by atoms with van der Waals surface area (Å²) in [6, 6.07) is 10.2. The molecular formula is C25H37N5O3. The van der Waals surface area contributed by atoms with Crippen LogP contribution in [0.4, 0.5) is 11.5 Å². The quantitative estimate of drug-likeness (QED) is 0.512. The van der Waals surface area contributed by atoms with E-state index in [1.165, 1.54) is 22.3 Å². The van der Waals surface area contributed by atoms with Gasteiger partial charge in [0.2, 0.25) is 5.91 Å². The zero-order valence-electron chi connectivity index (χ0n) is 20.0. The molecule has 3 N–H and O–H groups in total. The van der Waals surface area contributed by atoms with E-state index in [-0.39, 0.29) is 30.0 Å². The van der Waals surface area contributed by atoms with E-state index in [4.69, 9.17) is 5.73 Å². The van der Waals surface area contributed by atoms with E-state index in [1.54, 1.807) is 0 Å². The number of aromatic nitrogens is 2. The molecule has 2 aromatic rings. The largest absolute Gasteiger partial charge is 0.383 e. The van der Waals surface area contributed by atoms with Gasteiger partial charge in [-0.25, -0.2) is 4.79 Å². The average molecular weight is 456 g/mol. The highest BCUT2D eigenvalue weighted by Crippen LogP contribution is 2.33. The molecule has 0 aliphatic heterocycles. The van der Waals surface area contributed by atoms with Crippen LogP contribution in [-0.2, 0) is 11.3 Å². The molecule has 8 nitrogen and oxygen atoms in total. The third kappa shape index (κ3) is 6.13. The van der Waals surface area contributed by atoms with Crippen LogP contribution in [0.5, 0.6) is 0 Å². The molecular weight excluding hydrogens is 418 g/mol. The second kappa shape index (κ2) is 11.3. The van der Waals surface area contributed by atoms with Gasteiger partial charge in [0.25, 0.3) is 5.56 Å². The topological polar surface area (TPSA) is 104 Å². The van der Waals surface area contributed by atoms with Crippen molar-refractivity contribution >= 4 is 17.4 Å². The van der Waals surface area contributed by atoms with Crippen LogP contribution in [0.2, 0.25) is 0 Å². The van der Waals surface area contributed by atoms with E-state index in [1.807, 2.05) is 32.0 Å². The summed E-state index contributed by atoms with van der Waals surface area (Å²) < 4.78 is 1.34. The van der Waals surface area contributed by atoms with Gasteiger partial charge in [-0.1, -0.05) is 50.6 Å². The summed E-state index contributed by atoms with van der Waals surface area (Å²) in [6.07, 6.45) is 4.64. The van der Waals surface area contributed by atoms with Crippen molar-refractivity contribution < 1.29 is 4.79 Å². The van der Waals surface area contributed by atoms with Crippen molar-refractivity contribution in [2.24, 2.45) is 5.92 Å². The van der Waals surface area contributed by atoms with Crippen LogP contribution < -0.4 is 21.9 Å². The molecule has 1 aliphatic rings. The average Bonchev–Trinajstić information content (AvgIpc) is 3.62. The number of unbranched alkanes of at least 4 members (excludes halogenated alkanes) is 1. The molecule has 1 amide bonds. The second-order valence-electron chi connectivity index (χ2n) is 9.00. The Balaban J connectivity index is 1.93. The molecule has 8 heteroatoms. The normalized spacial score (nSPS) is 14.4. The van der Waals surface area contributed by atoms with Crippen LogP contribution in [0.15, 0.2) is 39.9 Å². The number of nitrogens with one attached hydrogen (secondary N) is 1. The lowest BCUT2D eigenvalue weighted by atomic mass is 10.1. The predicted octanol–water partition coefficient (Wildman–Crippen LogP) is 3.14. The fourth-order valence-electron chi connectivity index (χ4n) is 4.15. The molecule has 3 rings (SSSR count). The lowest BCUT2D eigenvalue weighted by molar-refractivity contribution is -0.120. The van der Waals surface area contributed by atoms with Gasteiger partial charge in [0.1, 0.15) is 5.82 Å². The van der Waals surface area contributed by atoms with Crippen LogP contribution in [0.1, 0.15) is 64.5 Å².